The van der Waals surface area contributed by atoms with Crippen LogP contribution < -0.4 is 9.62 Å². The molecule has 1 unspecified atom stereocenters. The molecule has 34 heavy (non-hydrogen) atoms. The molecule has 2 aromatic carbocycles. The van der Waals surface area contributed by atoms with Gasteiger partial charge in [0, 0.05) is 12.2 Å². The van der Waals surface area contributed by atoms with Crippen molar-refractivity contribution in [3.05, 3.63) is 71.4 Å². The number of anilines is 1. The van der Waals surface area contributed by atoms with Crippen molar-refractivity contribution in [1.29, 1.82) is 0 Å². The standard InChI is InChI=1S/C26H31FN2O4S/c1-2-3-7-17-29(23-14-12-22(27)13-15-23)26(31)24(19-21-10-11-21)25(30)28-34(32,33)18-16-20-8-5-4-6-9-20/h4-6,8-9,12-16,18,21,24H,2-3,7,10-11,17,19H2,1H3,(H,28,30). The maximum absolute atomic E-state index is 13.6. The van der Waals surface area contributed by atoms with E-state index in [1.54, 1.807) is 24.3 Å². The summed E-state index contributed by atoms with van der Waals surface area (Å²) in [4.78, 5) is 28.1. The van der Waals surface area contributed by atoms with Gasteiger partial charge in [0.05, 0.1) is 5.41 Å². The number of unbranched alkanes of at least 4 members (excludes halogenated alkanes) is 2. The Morgan fingerprint density at radius 3 is 2.38 bits per heavy atom. The van der Waals surface area contributed by atoms with Crippen LogP contribution in [0.15, 0.2) is 60.0 Å². The van der Waals surface area contributed by atoms with Gasteiger partial charge in [0.15, 0.2) is 0 Å². The van der Waals surface area contributed by atoms with Gasteiger partial charge >= 0.3 is 0 Å². The Hall–Kier alpha value is -3.00. The summed E-state index contributed by atoms with van der Waals surface area (Å²) in [5, 5.41) is 0.928. The minimum atomic E-state index is -4.09. The molecule has 1 aliphatic carbocycles. The monoisotopic (exact) mass is 486 g/mol. The van der Waals surface area contributed by atoms with E-state index in [1.165, 1.54) is 35.2 Å². The second kappa shape index (κ2) is 11.9. The second-order valence-electron chi connectivity index (χ2n) is 8.63. The molecular formula is C26H31FN2O4S. The van der Waals surface area contributed by atoms with Gasteiger partial charge in [-0.05, 0) is 54.7 Å². The van der Waals surface area contributed by atoms with Gasteiger partial charge in [-0.15, -0.1) is 0 Å². The number of amides is 2. The zero-order valence-corrected chi connectivity index (χ0v) is 20.1. The number of benzene rings is 2. The predicted octanol–water partition coefficient (Wildman–Crippen LogP) is 4.88. The van der Waals surface area contributed by atoms with E-state index in [-0.39, 0.29) is 12.3 Å². The van der Waals surface area contributed by atoms with Gasteiger partial charge in [0.1, 0.15) is 11.7 Å². The van der Waals surface area contributed by atoms with Crippen LogP contribution in [0.25, 0.3) is 6.08 Å². The van der Waals surface area contributed by atoms with Crippen LogP contribution in [0.1, 0.15) is 51.0 Å². The summed E-state index contributed by atoms with van der Waals surface area (Å²) < 4.78 is 40.6. The summed E-state index contributed by atoms with van der Waals surface area (Å²) in [6.45, 7) is 2.41. The van der Waals surface area contributed by atoms with E-state index in [9.17, 15) is 22.4 Å². The Morgan fingerprint density at radius 2 is 1.76 bits per heavy atom. The molecule has 0 bridgehead atoms. The van der Waals surface area contributed by atoms with Crippen LogP contribution in [-0.2, 0) is 19.6 Å². The topological polar surface area (TPSA) is 83.6 Å². The first-order valence-electron chi connectivity index (χ1n) is 11.7. The van der Waals surface area contributed by atoms with Crippen LogP contribution in [0.3, 0.4) is 0 Å². The first kappa shape index (κ1) is 25.6. The van der Waals surface area contributed by atoms with Crippen molar-refractivity contribution >= 4 is 33.6 Å². The lowest BCUT2D eigenvalue weighted by atomic mass is 9.99. The van der Waals surface area contributed by atoms with Crippen LogP contribution in [0.2, 0.25) is 0 Å². The summed E-state index contributed by atoms with van der Waals surface area (Å²) in [5.41, 5.74) is 1.16. The second-order valence-corrected chi connectivity index (χ2v) is 10.2. The average molecular weight is 487 g/mol. The van der Waals surface area contributed by atoms with Crippen LogP contribution >= 0.6 is 0 Å². The highest BCUT2D eigenvalue weighted by atomic mass is 32.2. The van der Waals surface area contributed by atoms with Crippen LogP contribution in [0, 0.1) is 17.7 Å². The minimum Gasteiger partial charge on any atom is -0.312 e. The van der Waals surface area contributed by atoms with Gasteiger partial charge in [-0.2, -0.15) is 0 Å². The van der Waals surface area contributed by atoms with Gasteiger partial charge in [-0.3, -0.25) is 9.59 Å². The number of carbonyl (C=O) groups excluding carboxylic acids is 2. The van der Waals surface area contributed by atoms with E-state index in [1.807, 2.05) is 13.0 Å². The third-order valence-electron chi connectivity index (χ3n) is 5.75. The zero-order chi connectivity index (χ0) is 24.6. The van der Waals surface area contributed by atoms with E-state index in [0.717, 1.165) is 37.5 Å². The maximum atomic E-state index is 13.6. The van der Waals surface area contributed by atoms with Crippen LogP contribution in [-0.4, -0.2) is 26.8 Å². The van der Waals surface area contributed by atoms with Gasteiger partial charge in [-0.25, -0.2) is 17.5 Å². The molecule has 2 aromatic rings. The Kier molecular flexibility index (Phi) is 8.98. The minimum absolute atomic E-state index is 0.216. The molecule has 1 aliphatic rings. The normalized spacial score (nSPS) is 14.6. The maximum Gasteiger partial charge on any atom is 0.257 e. The van der Waals surface area contributed by atoms with Gasteiger partial charge in [0.2, 0.25) is 11.8 Å². The van der Waals surface area contributed by atoms with Crippen LogP contribution in [0.4, 0.5) is 10.1 Å². The van der Waals surface area contributed by atoms with Crippen LogP contribution in [0.5, 0.6) is 0 Å². The van der Waals surface area contributed by atoms with Gasteiger partial charge in [0.25, 0.3) is 10.0 Å². The molecule has 2 amide bonds. The molecule has 0 saturated heterocycles. The first-order valence-corrected chi connectivity index (χ1v) is 13.2. The largest absolute Gasteiger partial charge is 0.312 e. The first-order chi connectivity index (χ1) is 16.3. The quantitative estimate of drug-likeness (QED) is 0.342. The third kappa shape index (κ3) is 7.80. The van der Waals surface area contributed by atoms with E-state index in [4.69, 9.17) is 0 Å². The number of nitrogens with zero attached hydrogens (tertiary/aromatic N) is 1. The van der Waals surface area contributed by atoms with Crippen molar-refractivity contribution in [3.8, 4) is 0 Å². The molecule has 1 saturated carbocycles. The van der Waals surface area contributed by atoms with Crippen molar-refractivity contribution in [2.45, 2.75) is 45.4 Å². The highest BCUT2D eigenvalue weighted by Gasteiger charge is 2.37. The Morgan fingerprint density at radius 1 is 1.09 bits per heavy atom. The molecule has 0 aromatic heterocycles. The fraction of sp³-hybridized carbons (Fsp3) is 0.385. The molecule has 0 heterocycles. The van der Waals surface area contributed by atoms with Gasteiger partial charge < -0.3 is 4.90 Å². The zero-order valence-electron chi connectivity index (χ0n) is 19.3. The Labute approximate surface area is 200 Å². The third-order valence-corrected chi connectivity index (χ3v) is 6.73. The molecular weight excluding hydrogens is 455 g/mol. The lowest BCUT2D eigenvalue weighted by Crippen LogP contribution is -2.45. The number of nitrogens with one attached hydrogen (secondary N) is 1. The molecule has 3 rings (SSSR count). The summed E-state index contributed by atoms with van der Waals surface area (Å²) in [7, 11) is -4.09. The Balaban J connectivity index is 1.79. The van der Waals surface area contributed by atoms with E-state index >= 15 is 0 Å². The SMILES string of the molecule is CCCCCN(C(=O)C(CC1CC1)C(=O)NS(=O)(=O)C=Cc1ccccc1)c1ccc(F)cc1. The summed E-state index contributed by atoms with van der Waals surface area (Å²) in [6.07, 6.45) is 6.05. The number of halogens is 1. The number of carbonyl (C=O) groups is 2. The molecule has 1 fully saturated rings. The molecule has 1 N–H and O–H groups in total. The number of sulfonamides is 1. The molecule has 182 valence electrons. The molecule has 1 atom stereocenters. The fourth-order valence-electron chi connectivity index (χ4n) is 3.68. The molecule has 8 heteroatoms. The molecule has 0 radical (unpaired) electrons. The van der Waals surface area contributed by atoms with E-state index in [0.29, 0.717) is 17.8 Å². The highest BCUT2D eigenvalue weighted by molar-refractivity contribution is 7.93. The lowest BCUT2D eigenvalue weighted by Gasteiger charge is -2.27. The summed E-state index contributed by atoms with van der Waals surface area (Å²) >= 11 is 0. The van der Waals surface area contributed by atoms with Gasteiger partial charge in [-0.1, -0.05) is 62.9 Å². The Bertz CT molecular complexity index is 1100. The highest BCUT2D eigenvalue weighted by Crippen LogP contribution is 2.36. The summed E-state index contributed by atoms with van der Waals surface area (Å²) in [6, 6.07) is 14.4. The number of rotatable bonds is 12. The number of hydrogen-bond acceptors (Lipinski definition) is 4. The molecule has 6 nitrogen and oxygen atoms in total. The van der Waals surface area contributed by atoms with Crippen molar-refractivity contribution in [3.63, 3.8) is 0 Å². The smallest absolute Gasteiger partial charge is 0.257 e. The summed E-state index contributed by atoms with van der Waals surface area (Å²) in [5.74, 6) is -2.65. The number of hydrogen-bond donors (Lipinski definition) is 1. The van der Waals surface area contributed by atoms with Crippen molar-refractivity contribution in [2.75, 3.05) is 11.4 Å². The lowest BCUT2D eigenvalue weighted by molar-refractivity contribution is -0.133. The fourth-order valence-corrected chi connectivity index (χ4v) is 4.51. The van der Waals surface area contributed by atoms with E-state index < -0.39 is 33.6 Å². The average Bonchev–Trinajstić information content (AvgIpc) is 3.64. The van der Waals surface area contributed by atoms with Crippen molar-refractivity contribution in [1.82, 2.24) is 4.72 Å². The van der Waals surface area contributed by atoms with E-state index in [2.05, 4.69) is 4.72 Å². The predicted molar refractivity (Wildman–Crippen MR) is 132 cm³/mol. The van der Waals surface area contributed by atoms with Crippen molar-refractivity contribution < 1.29 is 22.4 Å². The van der Waals surface area contributed by atoms with Crippen molar-refractivity contribution in [2.24, 2.45) is 11.8 Å². The molecule has 0 spiro atoms. The molecule has 0 aliphatic heterocycles.